The van der Waals surface area contributed by atoms with E-state index in [4.69, 9.17) is 9.84 Å². The van der Waals surface area contributed by atoms with Gasteiger partial charge in [0, 0.05) is 26.3 Å². The molecule has 0 spiro atoms. The molecule has 0 atom stereocenters. The van der Waals surface area contributed by atoms with E-state index in [1.807, 2.05) is 13.8 Å². The number of nitrogens with zero attached hydrogens (tertiary/aromatic N) is 1. The Hall–Kier alpha value is -0.170. The number of methoxy groups -OCH3 is 1. The molecule has 0 rings (SSSR count). The maximum atomic E-state index is 12.1. The molecule has 0 aliphatic heterocycles. The Morgan fingerprint density at radius 3 is 2.29 bits per heavy atom. The number of aliphatic hydroxyl groups excluding tert-OH is 1. The van der Waals surface area contributed by atoms with Crippen molar-refractivity contribution in [3.8, 4) is 0 Å². The van der Waals surface area contributed by atoms with Crippen LogP contribution in [0.1, 0.15) is 33.1 Å². The van der Waals surface area contributed by atoms with Crippen LogP contribution in [0.3, 0.4) is 0 Å². The minimum absolute atomic E-state index is 0.00368. The normalized spacial score (nSPS) is 12.6. The van der Waals surface area contributed by atoms with E-state index in [1.54, 1.807) is 7.11 Å². The lowest BCUT2D eigenvalue weighted by Gasteiger charge is -2.29. The van der Waals surface area contributed by atoms with E-state index in [1.165, 1.54) is 4.31 Å². The maximum absolute atomic E-state index is 12.1. The van der Waals surface area contributed by atoms with Crippen LogP contribution in [0.25, 0.3) is 0 Å². The molecule has 0 heterocycles. The Kier molecular flexibility index (Phi) is 8.77. The predicted octanol–water partition coefficient (Wildman–Crippen LogP) is 0.836. The molecule has 0 aliphatic carbocycles. The highest BCUT2D eigenvalue weighted by molar-refractivity contribution is 7.89. The molecule has 0 unspecified atom stereocenters. The van der Waals surface area contributed by atoms with Crippen molar-refractivity contribution in [2.45, 2.75) is 39.2 Å². The summed E-state index contributed by atoms with van der Waals surface area (Å²) in [5.74, 6) is 0.00368. The fraction of sp³-hybridized carbons (Fsp3) is 1.00. The zero-order valence-electron chi connectivity index (χ0n) is 11.1. The average molecular weight is 267 g/mol. The minimum atomic E-state index is -3.29. The zero-order chi connectivity index (χ0) is 13.3. The van der Waals surface area contributed by atoms with Crippen LogP contribution in [0.4, 0.5) is 0 Å². The van der Waals surface area contributed by atoms with Crippen LogP contribution in [0.15, 0.2) is 0 Å². The van der Waals surface area contributed by atoms with Gasteiger partial charge in [-0.1, -0.05) is 13.8 Å². The van der Waals surface area contributed by atoms with E-state index < -0.39 is 10.0 Å². The Morgan fingerprint density at radius 1 is 1.29 bits per heavy atom. The van der Waals surface area contributed by atoms with Gasteiger partial charge in [0.15, 0.2) is 0 Å². The standard InChI is InChI=1S/C11H25NO4S/c1-4-11(5-2)12(7-9-16-3)17(14,15)10-6-8-13/h11,13H,4-10H2,1-3H3. The third-order valence-corrected chi connectivity index (χ3v) is 4.78. The van der Waals surface area contributed by atoms with Gasteiger partial charge in [0.2, 0.25) is 10.0 Å². The van der Waals surface area contributed by atoms with Crippen molar-refractivity contribution in [3.05, 3.63) is 0 Å². The van der Waals surface area contributed by atoms with E-state index in [9.17, 15) is 8.42 Å². The molecule has 0 saturated heterocycles. The molecule has 0 aromatic carbocycles. The number of sulfonamides is 1. The van der Waals surface area contributed by atoms with Gasteiger partial charge in [0.25, 0.3) is 0 Å². The average Bonchev–Trinajstić information content (AvgIpc) is 2.31. The summed E-state index contributed by atoms with van der Waals surface area (Å²) in [4.78, 5) is 0. The second-order valence-corrected chi connectivity index (χ2v) is 6.01. The summed E-state index contributed by atoms with van der Waals surface area (Å²) in [6, 6.07) is 0.0221. The first-order chi connectivity index (χ1) is 8.03. The molecule has 1 N–H and O–H groups in total. The summed E-state index contributed by atoms with van der Waals surface area (Å²) in [5, 5.41) is 8.73. The molecule has 6 heteroatoms. The molecule has 0 bridgehead atoms. The molecule has 0 aromatic rings. The third-order valence-electron chi connectivity index (χ3n) is 2.78. The first-order valence-corrected chi connectivity index (χ1v) is 7.73. The largest absolute Gasteiger partial charge is 0.396 e. The molecule has 0 saturated carbocycles. The van der Waals surface area contributed by atoms with Gasteiger partial charge in [-0.05, 0) is 19.3 Å². The van der Waals surface area contributed by atoms with Crippen molar-refractivity contribution >= 4 is 10.0 Å². The van der Waals surface area contributed by atoms with E-state index in [-0.39, 0.29) is 24.8 Å². The summed E-state index contributed by atoms with van der Waals surface area (Å²) < 4.78 is 30.7. The summed E-state index contributed by atoms with van der Waals surface area (Å²) >= 11 is 0. The maximum Gasteiger partial charge on any atom is 0.214 e. The van der Waals surface area contributed by atoms with Crippen molar-refractivity contribution in [1.82, 2.24) is 4.31 Å². The predicted molar refractivity (Wildman–Crippen MR) is 68.4 cm³/mol. The van der Waals surface area contributed by atoms with Crippen molar-refractivity contribution in [2.24, 2.45) is 0 Å². The Balaban J connectivity index is 4.75. The van der Waals surface area contributed by atoms with Crippen molar-refractivity contribution in [2.75, 3.05) is 32.6 Å². The molecular weight excluding hydrogens is 242 g/mol. The highest BCUT2D eigenvalue weighted by atomic mass is 32.2. The van der Waals surface area contributed by atoms with Gasteiger partial charge in [-0.15, -0.1) is 0 Å². The number of ether oxygens (including phenoxy) is 1. The minimum Gasteiger partial charge on any atom is -0.396 e. The van der Waals surface area contributed by atoms with Gasteiger partial charge in [-0.2, -0.15) is 4.31 Å². The van der Waals surface area contributed by atoms with Gasteiger partial charge in [0.1, 0.15) is 0 Å². The molecule has 0 aromatic heterocycles. The highest BCUT2D eigenvalue weighted by Gasteiger charge is 2.26. The fourth-order valence-corrected chi connectivity index (χ4v) is 3.62. The third kappa shape index (κ3) is 5.81. The van der Waals surface area contributed by atoms with Crippen LogP contribution in [0, 0.1) is 0 Å². The van der Waals surface area contributed by atoms with Crippen LogP contribution >= 0.6 is 0 Å². The summed E-state index contributed by atoms with van der Waals surface area (Å²) in [6.07, 6.45) is 1.86. The molecular formula is C11H25NO4S. The summed E-state index contributed by atoms with van der Waals surface area (Å²) in [6.45, 7) is 4.65. The topological polar surface area (TPSA) is 66.8 Å². The number of hydrogen-bond acceptors (Lipinski definition) is 4. The number of aliphatic hydroxyl groups is 1. The monoisotopic (exact) mass is 267 g/mol. The summed E-state index contributed by atoms with van der Waals surface area (Å²) in [7, 11) is -1.73. The second-order valence-electron chi connectivity index (χ2n) is 3.97. The van der Waals surface area contributed by atoms with Crippen LogP contribution in [-0.2, 0) is 14.8 Å². The molecule has 0 amide bonds. The van der Waals surface area contributed by atoms with Gasteiger partial charge in [0.05, 0.1) is 12.4 Å². The first kappa shape index (κ1) is 16.8. The van der Waals surface area contributed by atoms with Crippen molar-refractivity contribution in [1.29, 1.82) is 0 Å². The second kappa shape index (κ2) is 8.85. The number of rotatable bonds is 10. The lowest BCUT2D eigenvalue weighted by Crippen LogP contribution is -2.43. The SMILES string of the molecule is CCC(CC)N(CCOC)S(=O)(=O)CCCO. The van der Waals surface area contributed by atoms with E-state index in [0.29, 0.717) is 13.2 Å². The van der Waals surface area contributed by atoms with E-state index in [2.05, 4.69) is 0 Å². The first-order valence-electron chi connectivity index (χ1n) is 6.12. The van der Waals surface area contributed by atoms with E-state index in [0.717, 1.165) is 12.8 Å². The molecule has 5 nitrogen and oxygen atoms in total. The van der Waals surface area contributed by atoms with E-state index >= 15 is 0 Å². The molecule has 104 valence electrons. The van der Waals surface area contributed by atoms with Gasteiger partial charge < -0.3 is 9.84 Å². The highest BCUT2D eigenvalue weighted by Crippen LogP contribution is 2.14. The van der Waals surface area contributed by atoms with Crippen LogP contribution in [-0.4, -0.2) is 56.5 Å². The summed E-state index contributed by atoms with van der Waals surface area (Å²) in [5.41, 5.74) is 0. The Bertz CT molecular complexity index is 275. The molecule has 0 radical (unpaired) electrons. The van der Waals surface area contributed by atoms with Gasteiger partial charge in [-0.3, -0.25) is 0 Å². The Morgan fingerprint density at radius 2 is 1.88 bits per heavy atom. The molecule has 17 heavy (non-hydrogen) atoms. The fourth-order valence-electron chi connectivity index (χ4n) is 1.79. The lowest BCUT2D eigenvalue weighted by atomic mass is 10.2. The zero-order valence-corrected chi connectivity index (χ0v) is 11.9. The molecule has 0 fully saturated rings. The smallest absolute Gasteiger partial charge is 0.214 e. The van der Waals surface area contributed by atoms with Gasteiger partial charge in [-0.25, -0.2) is 8.42 Å². The Labute approximate surface area is 105 Å². The van der Waals surface area contributed by atoms with Crippen LogP contribution in [0.2, 0.25) is 0 Å². The van der Waals surface area contributed by atoms with Crippen LogP contribution < -0.4 is 0 Å². The van der Waals surface area contributed by atoms with Crippen molar-refractivity contribution in [3.63, 3.8) is 0 Å². The van der Waals surface area contributed by atoms with Crippen molar-refractivity contribution < 1.29 is 18.3 Å². The lowest BCUT2D eigenvalue weighted by molar-refractivity contribution is 0.163. The molecule has 0 aliphatic rings. The quantitative estimate of drug-likeness (QED) is 0.637. The van der Waals surface area contributed by atoms with Crippen LogP contribution in [0.5, 0.6) is 0 Å². The van der Waals surface area contributed by atoms with Gasteiger partial charge >= 0.3 is 0 Å². The number of hydrogen-bond donors (Lipinski definition) is 1.